The molecule has 0 saturated heterocycles. The lowest BCUT2D eigenvalue weighted by Crippen LogP contribution is -2.42. The maximum Gasteiger partial charge on any atom is 0.274 e. The van der Waals surface area contributed by atoms with Crippen molar-refractivity contribution in [2.75, 3.05) is 20.3 Å². The number of nitro benzene ring substituents is 1. The van der Waals surface area contributed by atoms with Crippen LogP contribution in [-0.4, -0.2) is 51.8 Å². The van der Waals surface area contributed by atoms with E-state index in [1.807, 2.05) is 0 Å². The Kier molecular flexibility index (Phi) is 6.85. The molecule has 140 valence electrons. The number of aromatic nitrogens is 2. The van der Waals surface area contributed by atoms with Crippen LogP contribution in [0.1, 0.15) is 37.2 Å². The maximum atomic E-state index is 12.9. The highest BCUT2D eigenvalue weighted by molar-refractivity contribution is 5.92. The van der Waals surface area contributed by atoms with Crippen molar-refractivity contribution >= 4 is 11.6 Å². The summed E-state index contributed by atoms with van der Waals surface area (Å²) >= 11 is 0. The number of nitro groups is 1. The minimum atomic E-state index is -0.453. The predicted octanol–water partition coefficient (Wildman–Crippen LogP) is 3.06. The van der Waals surface area contributed by atoms with Crippen LogP contribution in [0.3, 0.4) is 0 Å². The van der Waals surface area contributed by atoms with Gasteiger partial charge in [-0.05, 0) is 31.0 Å². The van der Waals surface area contributed by atoms with Gasteiger partial charge in [-0.3, -0.25) is 14.9 Å². The summed E-state index contributed by atoms with van der Waals surface area (Å²) in [5.74, 6) is -0.142. The Hall–Kier alpha value is -2.74. The van der Waals surface area contributed by atoms with Gasteiger partial charge in [-0.15, -0.1) is 0 Å². The molecule has 0 spiro atoms. The van der Waals surface area contributed by atoms with Gasteiger partial charge >= 0.3 is 0 Å². The fourth-order valence-electron chi connectivity index (χ4n) is 2.83. The topological polar surface area (TPSA) is 90.5 Å². The van der Waals surface area contributed by atoms with Crippen molar-refractivity contribution in [3.8, 4) is 5.69 Å². The summed E-state index contributed by atoms with van der Waals surface area (Å²) in [5, 5.41) is 15.1. The lowest BCUT2D eigenvalue weighted by Gasteiger charge is -2.29. The molecule has 0 atom stereocenters. The number of benzene rings is 1. The summed E-state index contributed by atoms with van der Waals surface area (Å²) in [7, 11) is 1.61. The lowest BCUT2D eigenvalue weighted by molar-refractivity contribution is -0.384. The number of amides is 1. The molecule has 26 heavy (non-hydrogen) atoms. The fraction of sp³-hybridized carbons (Fsp3) is 0.444. The van der Waals surface area contributed by atoms with E-state index in [1.165, 1.54) is 12.1 Å². The minimum Gasteiger partial charge on any atom is -0.383 e. The van der Waals surface area contributed by atoms with Crippen LogP contribution in [0.4, 0.5) is 5.69 Å². The molecule has 0 N–H and O–H groups in total. The third kappa shape index (κ3) is 4.45. The van der Waals surface area contributed by atoms with E-state index in [4.69, 9.17) is 4.74 Å². The normalized spacial score (nSPS) is 10.9. The first kappa shape index (κ1) is 19.6. The van der Waals surface area contributed by atoms with Crippen LogP contribution in [0.25, 0.3) is 5.69 Å². The Bertz CT molecular complexity index is 738. The second-order valence-electron chi connectivity index (χ2n) is 5.88. The Balaban J connectivity index is 2.22. The van der Waals surface area contributed by atoms with Crippen molar-refractivity contribution in [1.29, 1.82) is 0 Å². The number of hydrogen-bond acceptors (Lipinski definition) is 5. The molecule has 0 fully saturated rings. The van der Waals surface area contributed by atoms with E-state index >= 15 is 0 Å². The third-order valence-corrected chi connectivity index (χ3v) is 4.31. The number of nitrogens with zero attached hydrogens (tertiary/aromatic N) is 4. The number of ether oxygens (including phenoxy) is 1. The molecule has 2 aromatic rings. The molecule has 1 aromatic carbocycles. The number of carbonyl (C=O) groups is 1. The van der Waals surface area contributed by atoms with E-state index in [1.54, 1.807) is 41.1 Å². The standard InChI is InChI=1S/C18H24N4O4/c1-4-14(5-2)20(12-13-26-3)18(23)17-10-11-21(19-17)15-6-8-16(9-7-15)22(24)25/h6-11,14H,4-5,12-13H2,1-3H3. The summed E-state index contributed by atoms with van der Waals surface area (Å²) in [5.41, 5.74) is 1.00. The van der Waals surface area contributed by atoms with Crippen LogP contribution in [0.15, 0.2) is 36.5 Å². The van der Waals surface area contributed by atoms with E-state index in [0.29, 0.717) is 24.5 Å². The average Bonchev–Trinajstić information content (AvgIpc) is 3.15. The molecule has 0 saturated carbocycles. The first-order valence-corrected chi connectivity index (χ1v) is 8.62. The molecule has 1 heterocycles. The molecule has 0 aliphatic carbocycles. The van der Waals surface area contributed by atoms with Crippen molar-refractivity contribution in [2.24, 2.45) is 0 Å². The number of rotatable bonds is 9. The summed E-state index contributed by atoms with van der Waals surface area (Å²) < 4.78 is 6.67. The number of hydrogen-bond donors (Lipinski definition) is 0. The molecular weight excluding hydrogens is 336 g/mol. The van der Waals surface area contributed by atoms with Crippen LogP contribution in [0, 0.1) is 10.1 Å². The smallest absolute Gasteiger partial charge is 0.274 e. The van der Waals surface area contributed by atoms with Crippen molar-refractivity contribution in [1.82, 2.24) is 14.7 Å². The first-order valence-electron chi connectivity index (χ1n) is 8.62. The Morgan fingerprint density at radius 3 is 2.46 bits per heavy atom. The fourth-order valence-corrected chi connectivity index (χ4v) is 2.83. The SMILES string of the molecule is CCC(CC)N(CCOC)C(=O)c1ccn(-c2ccc([N+](=O)[O-])cc2)n1. The highest BCUT2D eigenvalue weighted by Crippen LogP contribution is 2.17. The Labute approximate surface area is 152 Å². The van der Waals surface area contributed by atoms with Crippen molar-refractivity contribution < 1.29 is 14.5 Å². The zero-order valence-electron chi connectivity index (χ0n) is 15.3. The minimum absolute atomic E-state index is 0.0108. The van der Waals surface area contributed by atoms with Gasteiger partial charge < -0.3 is 9.64 Å². The summed E-state index contributed by atoms with van der Waals surface area (Å²) in [4.78, 5) is 25.0. The van der Waals surface area contributed by atoms with Gasteiger partial charge in [0.2, 0.25) is 0 Å². The van der Waals surface area contributed by atoms with Gasteiger partial charge in [-0.2, -0.15) is 5.10 Å². The van der Waals surface area contributed by atoms with Gasteiger partial charge in [0.25, 0.3) is 11.6 Å². The van der Waals surface area contributed by atoms with Gasteiger partial charge in [0.05, 0.1) is 17.2 Å². The quantitative estimate of drug-likeness (QED) is 0.506. The lowest BCUT2D eigenvalue weighted by atomic mass is 10.1. The molecule has 0 aliphatic rings. The maximum absolute atomic E-state index is 12.9. The Morgan fingerprint density at radius 1 is 1.27 bits per heavy atom. The van der Waals surface area contributed by atoms with Crippen molar-refractivity contribution in [2.45, 2.75) is 32.7 Å². The van der Waals surface area contributed by atoms with Crippen LogP contribution < -0.4 is 0 Å². The van der Waals surface area contributed by atoms with Gasteiger partial charge in [0, 0.05) is 38.0 Å². The average molecular weight is 360 g/mol. The second-order valence-corrected chi connectivity index (χ2v) is 5.88. The molecule has 0 radical (unpaired) electrons. The van der Waals surface area contributed by atoms with Crippen LogP contribution in [0.5, 0.6) is 0 Å². The number of non-ortho nitro benzene ring substituents is 1. The van der Waals surface area contributed by atoms with Crippen LogP contribution in [0.2, 0.25) is 0 Å². The van der Waals surface area contributed by atoms with E-state index in [9.17, 15) is 14.9 Å². The van der Waals surface area contributed by atoms with Crippen LogP contribution >= 0.6 is 0 Å². The summed E-state index contributed by atoms with van der Waals surface area (Å²) in [6.07, 6.45) is 3.39. The Morgan fingerprint density at radius 2 is 1.92 bits per heavy atom. The third-order valence-electron chi connectivity index (χ3n) is 4.31. The molecule has 0 aliphatic heterocycles. The van der Waals surface area contributed by atoms with Gasteiger partial charge in [-0.1, -0.05) is 13.8 Å². The second kappa shape index (κ2) is 9.10. The van der Waals surface area contributed by atoms with Gasteiger partial charge in [-0.25, -0.2) is 4.68 Å². The number of carbonyl (C=O) groups excluding carboxylic acids is 1. The van der Waals surface area contributed by atoms with Crippen molar-refractivity contribution in [3.63, 3.8) is 0 Å². The highest BCUT2D eigenvalue weighted by Gasteiger charge is 2.24. The van der Waals surface area contributed by atoms with Gasteiger partial charge in [0.1, 0.15) is 0 Å². The predicted molar refractivity (Wildman–Crippen MR) is 97.5 cm³/mol. The molecule has 0 bridgehead atoms. The molecule has 8 nitrogen and oxygen atoms in total. The van der Waals surface area contributed by atoms with Crippen molar-refractivity contribution in [3.05, 3.63) is 52.3 Å². The zero-order chi connectivity index (χ0) is 19.1. The first-order chi connectivity index (χ1) is 12.5. The molecule has 1 aromatic heterocycles. The van der Waals surface area contributed by atoms with Crippen LogP contribution in [-0.2, 0) is 4.74 Å². The highest BCUT2D eigenvalue weighted by atomic mass is 16.6. The zero-order valence-corrected chi connectivity index (χ0v) is 15.3. The summed E-state index contributed by atoms with van der Waals surface area (Å²) in [6.45, 7) is 5.07. The summed E-state index contributed by atoms with van der Waals surface area (Å²) in [6, 6.07) is 7.81. The van der Waals surface area contributed by atoms with E-state index < -0.39 is 4.92 Å². The monoisotopic (exact) mass is 360 g/mol. The number of methoxy groups -OCH3 is 1. The molecular formula is C18H24N4O4. The molecule has 1 amide bonds. The largest absolute Gasteiger partial charge is 0.383 e. The molecule has 8 heteroatoms. The van der Waals surface area contributed by atoms with E-state index in [0.717, 1.165) is 12.8 Å². The van der Waals surface area contributed by atoms with E-state index in [-0.39, 0.29) is 17.6 Å². The van der Waals surface area contributed by atoms with E-state index in [2.05, 4.69) is 18.9 Å². The molecule has 0 unspecified atom stereocenters. The van der Waals surface area contributed by atoms with Gasteiger partial charge in [0.15, 0.2) is 5.69 Å². The molecule has 2 rings (SSSR count).